The lowest BCUT2D eigenvalue weighted by molar-refractivity contribution is -0.141. The molecule has 2 saturated heterocycles. The Bertz CT molecular complexity index is 2500. The molecule has 7 amide bonds. The summed E-state index contributed by atoms with van der Waals surface area (Å²) in [6, 6.07) is 19.5. The molecule has 4 heterocycles. The van der Waals surface area contributed by atoms with Crippen LogP contribution in [0.3, 0.4) is 0 Å². The van der Waals surface area contributed by atoms with Crippen LogP contribution >= 0.6 is 0 Å². The van der Waals surface area contributed by atoms with Gasteiger partial charge in [0.15, 0.2) is 0 Å². The third kappa shape index (κ3) is 16.3. The van der Waals surface area contributed by atoms with E-state index in [4.69, 9.17) is 9.47 Å². The van der Waals surface area contributed by atoms with Gasteiger partial charge in [-0.25, -0.2) is 14.6 Å². The third-order valence-corrected chi connectivity index (χ3v) is 13.0. The number of ether oxygens (including phenoxy) is 2. The van der Waals surface area contributed by atoms with Gasteiger partial charge < -0.3 is 50.3 Å². The summed E-state index contributed by atoms with van der Waals surface area (Å²) in [6.07, 6.45) is 5.71. The fraction of sp³-hybridized carbons (Fsp3) is 0.527. The van der Waals surface area contributed by atoms with E-state index in [1.54, 1.807) is 52.6 Å². The molecule has 5 N–H and O–H groups in total. The SMILES string of the molecule is CC(C)C[C@@H](NC(=O)[C@@H](Cc1ccccc1)NC(=O)[C@@H](Cc1ccccc1)NC(=O)OC(C)(C)C)C(=O)N[C@H](CCCCNC(=O)OC(C)(C)C)C(=O)N1CCC2(CC1)CCN2C(=O)c1cn2ccccc2n1. The zero-order chi connectivity index (χ0) is 52.9. The Hall–Kier alpha value is -6.98. The number of amides is 7. The molecular weight excluding hydrogens is 931 g/mol. The van der Waals surface area contributed by atoms with Crippen LogP contribution in [0, 0.1) is 5.92 Å². The second kappa shape index (κ2) is 24.6. The average Bonchev–Trinajstić information content (AvgIpc) is 3.76. The van der Waals surface area contributed by atoms with Crippen LogP contribution < -0.4 is 26.6 Å². The molecule has 0 saturated carbocycles. The first-order valence-electron chi connectivity index (χ1n) is 25.6. The normalized spacial score (nSPS) is 16.1. The van der Waals surface area contributed by atoms with Gasteiger partial charge in [-0.1, -0.05) is 80.6 Å². The van der Waals surface area contributed by atoms with Crippen molar-refractivity contribution >= 4 is 47.4 Å². The lowest BCUT2D eigenvalue weighted by Crippen LogP contribution is -2.67. The molecule has 18 nitrogen and oxygen atoms in total. The number of aromatic nitrogens is 2. The summed E-state index contributed by atoms with van der Waals surface area (Å²) >= 11 is 0. The molecule has 2 aromatic heterocycles. The molecule has 4 aromatic rings. The highest BCUT2D eigenvalue weighted by molar-refractivity contribution is 5.96. The zero-order valence-electron chi connectivity index (χ0n) is 43.7. The average molecular weight is 1010 g/mol. The number of rotatable bonds is 20. The van der Waals surface area contributed by atoms with E-state index >= 15 is 0 Å². The van der Waals surface area contributed by atoms with Crippen molar-refractivity contribution in [2.24, 2.45) is 5.92 Å². The number of hydrogen-bond acceptors (Lipinski definition) is 10. The predicted octanol–water partition coefficient (Wildman–Crippen LogP) is 6.12. The van der Waals surface area contributed by atoms with Crippen molar-refractivity contribution in [3.05, 3.63) is 108 Å². The van der Waals surface area contributed by atoms with Crippen LogP contribution in [0.1, 0.15) is 122 Å². The van der Waals surface area contributed by atoms with Crippen molar-refractivity contribution in [2.45, 2.75) is 154 Å². The van der Waals surface area contributed by atoms with Gasteiger partial charge in [0.2, 0.25) is 23.6 Å². The predicted molar refractivity (Wildman–Crippen MR) is 276 cm³/mol. The maximum Gasteiger partial charge on any atom is 0.408 e. The topological polar surface area (TPSA) is 222 Å². The Balaban J connectivity index is 1.17. The second-order valence-electron chi connectivity index (χ2n) is 21.7. The minimum atomic E-state index is -1.18. The molecule has 2 aromatic carbocycles. The van der Waals surface area contributed by atoms with E-state index in [9.17, 15) is 33.6 Å². The van der Waals surface area contributed by atoms with E-state index in [2.05, 4.69) is 31.6 Å². The number of pyridine rings is 1. The van der Waals surface area contributed by atoms with Crippen LogP contribution in [-0.2, 0) is 41.5 Å². The summed E-state index contributed by atoms with van der Waals surface area (Å²) in [4.78, 5) is 105. The first-order chi connectivity index (χ1) is 34.6. The molecule has 0 aliphatic carbocycles. The molecule has 6 rings (SSSR count). The van der Waals surface area contributed by atoms with E-state index < -0.39 is 70.8 Å². The number of nitrogens with one attached hydrogen (secondary N) is 5. The van der Waals surface area contributed by atoms with Crippen molar-refractivity contribution in [3.63, 3.8) is 0 Å². The Morgan fingerprint density at radius 1 is 0.630 bits per heavy atom. The van der Waals surface area contributed by atoms with E-state index in [0.29, 0.717) is 56.7 Å². The second-order valence-corrected chi connectivity index (χ2v) is 21.7. The number of nitrogens with zero attached hydrogens (tertiary/aromatic N) is 4. The largest absolute Gasteiger partial charge is 0.444 e. The molecule has 73 heavy (non-hydrogen) atoms. The number of carbonyl (C=O) groups excluding carboxylic acids is 7. The highest BCUT2D eigenvalue weighted by atomic mass is 16.6. The summed E-state index contributed by atoms with van der Waals surface area (Å²) < 4.78 is 12.7. The third-order valence-electron chi connectivity index (χ3n) is 13.0. The Kier molecular flexibility index (Phi) is 18.7. The van der Waals surface area contributed by atoms with E-state index in [1.807, 2.05) is 108 Å². The number of hydrogen-bond donors (Lipinski definition) is 5. The smallest absolute Gasteiger partial charge is 0.408 e. The number of carbonyl (C=O) groups is 7. The van der Waals surface area contributed by atoms with Gasteiger partial charge in [0.25, 0.3) is 5.91 Å². The van der Waals surface area contributed by atoms with Crippen molar-refractivity contribution in [2.75, 3.05) is 26.2 Å². The number of benzene rings is 2. The van der Waals surface area contributed by atoms with E-state index in [0.717, 1.165) is 17.5 Å². The molecule has 2 aliphatic heterocycles. The van der Waals surface area contributed by atoms with Gasteiger partial charge >= 0.3 is 12.2 Å². The van der Waals surface area contributed by atoms with Crippen molar-refractivity contribution < 1.29 is 43.0 Å². The van der Waals surface area contributed by atoms with Crippen molar-refractivity contribution in [3.8, 4) is 0 Å². The number of unbranched alkanes of at least 4 members (excludes halogenated alkanes) is 1. The van der Waals surface area contributed by atoms with E-state index in [-0.39, 0.29) is 50.0 Å². The highest BCUT2D eigenvalue weighted by Crippen LogP contribution is 2.41. The minimum absolute atomic E-state index is 0.0653. The zero-order valence-corrected chi connectivity index (χ0v) is 43.7. The van der Waals surface area contributed by atoms with Gasteiger partial charge in [0.05, 0.1) is 0 Å². The van der Waals surface area contributed by atoms with Crippen LogP contribution in [0.4, 0.5) is 9.59 Å². The molecule has 4 atom stereocenters. The van der Waals surface area contributed by atoms with Gasteiger partial charge in [-0.05, 0) is 116 Å². The van der Waals surface area contributed by atoms with Gasteiger partial charge in [0.1, 0.15) is 46.7 Å². The molecule has 394 valence electrons. The number of imidazole rings is 1. The van der Waals surface area contributed by atoms with Crippen molar-refractivity contribution in [1.29, 1.82) is 0 Å². The Labute approximate surface area is 429 Å². The maximum atomic E-state index is 14.6. The molecule has 18 heteroatoms. The van der Waals surface area contributed by atoms with Crippen molar-refractivity contribution in [1.82, 2.24) is 45.8 Å². The lowest BCUT2D eigenvalue weighted by atomic mass is 9.76. The molecular formula is C55H75N9O9. The summed E-state index contributed by atoms with van der Waals surface area (Å²) in [7, 11) is 0. The standard InChI is InChI=1S/C55H75N9O9/c1-37(2)33-41(59-47(66)42(34-38-19-11-9-12-20-38)60-48(67)43(35-39-21-13-10-14-22-39)61-52(71)73-54(6,7)8)46(65)58-40(23-15-17-28-56-51(70)72-53(3,4)5)49(68)62-30-25-55(26-31-62)27-32-64(55)50(69)44-36-63-29-18-16-24-45(63)57-44/h9-14,16,18-22,24,29,36-37,40-43H,15,17,23,25-28,30-35H2,1-8H3,(H,56,70)(H,58,65)(H,59,66)(H,60,67)(H,61,71)/t40-,41-,42-,43-/m1/s1. The minimum Gasteiger partial charge on any atom is -0.444 e. The number of piperidine rings is 1. The first kappa shape index (κ1) is 55.3. The highest BCUT2D eigenvalue weighted by Gasteiger charge is 2.50. The van der Waals surface area contributed by atoms with Crippen LogP contribution in [0.15, 0.2) is 91.3 Å². The van der Waals surface area contributed by atoms with Crippen LogP contribution in [0.2, 0.25) is 0 Å². The van der Waals surface area contributed by atoms with Crippen LogP contribution in [0.25, 0.3) is 5.65 Å². The first-order valence-corrected chi connectivity index (χ1v) is 25.6. The summed E-state index contributed by atoms with van der Waals surface area (Å²) in [6.45, 7) is 15.9. The quantitative estimate of drug-likeness (QED) is 0.0639. The van der Waals surface area contributed by atoms with E-state index in [1.165, 1.54) is 0 Å². The number of fused-ring (bicyclic) bond motifs is 1. The van der Waals surface area contributed by atoms with Gasteiger partial charge in [-0.3, -0.25) is 24.0 Å². The monoisotopic (exact) mass is 1010 g/mol. The maximum absolute atomic E-state index is 14.6. The number of alkyl carbamates (subject to hydrolysis) is 2. The molecule has 2 fully saturated rings. The van der Waals surface area contributed by atoms with Crippen LogP contribution in [0.5, 0.6) is 0 Å². The van der Waals surface area contributed by atoms with Crippen LogP contribution in [-0.4, -0.2) is 128 Å². The molecule has 1 spiro atoms. The lowest BCUT2D eigenvalue weighted by Gasteiger charge is -2.56. The van der Waals surface area contributed by atoms with Gasteiger partial charge in [-0.15, -0.1) is 0 Å². The number of likely N-dealkylation sites (tertiary alicyclic amines) is 2. The fourth-order valence-electron chi connectivity index (χ4n) is 9.24. The Morgan fingerprint density at radius 3 is 1.70 bits per heavy atom. The Morgan fingerprint density at radius 2 is 1.15 bits per heavy atom. The van der Waals surface area contributed by atoms with Gasteiger partial charge in [-0.2, -0.15) is 0 Å². The van der Waals surface area contributed by atoms with Gasteiger partial charge in [0, 0.05) is 57.0 Å². The fourth-order valence-corrected chi connectivity index (χ4v) is 9.24. The molecule has 2 aliphatic rings. The molecule has 0 radical (unpaired) electrons. The summed E-state index contributed by atoms with van der Waals surface area (Å²) in [5.74, 6) is -2.33. The molecule has 0 unspecified atom stereocenters. The molecule has 0 bridgehead atoms. The summed E-state index contributed by atoms with van der Waals surface area (Å²) in [5.41, 5.74) is 0.636. The summed E-state index contributed by atoms with van der Waals surface area (Å²) in [5, 5.41) is 14.2.